The Morgan fingerprint density at radius 2 is 2.04 bits per heavy atom. The summed E-state index contributed by atoms with van der Waals surface area (Å²) in [7, 11) is 3.50. The van der Waals surface area contributed by atoms with Gasteiger partial charge in [-0.3, -0.25) is 9.89 Å². The molecule has 0 saturated carbocycles. The molecule has 0 aromatic carbocycles. The lowest BCUT2D eigenvalue weighted by molar-refractivity contribution is 0.0698. The summed E-state index contributed by atoms with van der Waals surface area (Å²) in [6.45, 7) is 9.70. The molecule has 0 aromatic rings. The smallest absolute Gasteiger partial charge is 0.191 e. The molecule has 0 bridgehead atoms. The van der Waals surface area contributed by atoms with Gasteiger partial charge in [0.05, 0.1) is 13.2 Å². The number of ether oxygens (including phenoxy) is 2. The van der Waals surface area contributed by atoms with Gasteiger partial charge in [-0.05, 0) is 39.7 Å². The van der Waals surface area contributed by atoms with E-state index < -0.39 is 0 Å². The van der Waals surface area contributed by atoms with E-state index in [4.69, 9.17) is 9.47 Å². The Kier molecular flexibility index (Phi) is 15.1. The Bertz CT molecular complexity index is 332. The second-order valence-corrected chi connectivity index (χ2v) is 6.27. The summed E-state index contributed by atoms with van der Waals surface area (Å²) in [5.74, 6) is 0.874. The third-order valence-corrected chi connectivity index (χ3v) is 4.40. The lowest BCUT2D eigenvalue weighted by Crippen LogP contribution is -2.50. The van der Waals surface area contributed by atoms with Gasteiger partial charge in [-0.2, -0.15) is 0 Å². The Morgan fingerprint density at radius 3 is 2.71 bits per heavy atom. The van der Waals surface area contributed by atoms with E-state index in [1.165, 1.54) is 25.8 Å². The maximum Gasteiger partial charge on any atom is 0.191 e. The lowest BCUT2D eigenvalue weighted by atomic mass is 10.0. The number of piperidine rings is 1. The largest absolute Gasteiger partial charge is 0.382 e. The highest BCUT2D eigenvalue weighted by Gasteiger charge is 2.22. The molecule has 2 unspecified atom stereocenters. The van der Waals surface area contributed by atoms with Crippen LogP contribution in [0.25, 0.3) is 0 Å². The molecule has 0 amide bonds. The first-order valence-electron chi connectivity index (χ1n) is 8.96. The average Bonchev–Trinajstić information content (AvgIpc) is 2.57. The van der Waals surface area contributed by atoms with Crippen molar-refractivity contribution in [1.29, 1.82) is 0 Å². The normalized spacial score (nSPS) is 20.3. The summed E-state index contributed by atoms with van der Waals surface area (Å²) in [6.07, 6.45) is 4.97. The second-order valence-electron chi connectivity index (χ2n) is 6.27. The zero-order chi connectivity index (χ0) is 16.9. The topological polar surface area (TPSA) is 58.1 Å². The van der Waals surface area contributed by atoms with E-state index in [1.807, 2.05) is 7.05 Å². The zero-order valence-electron chi connectivity index (χ0n) is 15.8. The summed E-state index contributed by atoms with van der Waals surface area (Å²) >= 11 is 0. The van der Waals surface area contributed by atoms with Gasteiger partial charge in [-0.15, -0.1) is 24.0 Å². The van der Waals surface area contributed by atoms with Crippen molar-refractivity contribution >= 4 is 29.9 Å². The number of hydrogen-bond acceptors (Lipinski definition) is 4. The fourth-order valence-electron chi connectivity index (χ4n) is 2.98. The van der Waals surface area contributed by atoms with Crippen LogP contribution in [-0.2, 0) is 9.47 Å². The molecule has 0 radical (unpaired) electrons. The number of likely N-dealkylation sites (tertiary alicyclic amines) is 1. The molecule has 1 rings (SSSR count). The maximum atomic E-state index is 5.45. The highest BCUT2D eigenvalue weighted by molar-refractivity contribution is 14.0. The third-order valence-electron chi connectivity index (χ3n) is 4.40. The average molecular weight is 456 g/mol. The van der Waals surface area contributed by atoms with Crippen LogP contribution < -0.4 is 10.6 Å². The summed E-state index contributed by atoms with van der Waals surface area (Å²) in [5.41, 5.74) is 0. The van der Waals surface area contributed by atoms with Gasteiger partial charge in [0.15, 0.2) is 5.96 Å². The molecule has 24 heavy (non-hydrogen) atoms. The molecule has 0 spiro atoms. The predicted octanol–water partition coefficient (Wildman–Crippen LogP) is 2.09. The van der Waals surface area contributed by atoms with Gasteiger partial charge in [-0.1, -0.05) is 6.42 Å². The van der Waals surface area contributed by atoms with Crippen LogP contribution in [0.15, 0.2) is 4.99 Å². The Morgan fingerprint density at radius 1 is 1.25 bits per heavy atom. The number of nitrogens with zero attached hydrogens (tertiary/aromatic N) is 2. The number of guanidine groups is 1. The van der Waals surface area contributed by atoms with Crippen molar-refractivity contribution < 1.29 is 9.47 Å². The summed E-state index contributed by atoms with van der Waals surface area (Å²) in [6, 6.07) is 1.22. The number of aliphatic imine (C=N–C) groups is 1. The molecule has 7 heteroatoms. The van der Waals surface area contributed by atoms with E-state index >= 15 is 0 Å². The van der Waals surface area contributed by atoms with Gasteiger partial charge in [0, 0.05) is 45.9 Å². The molecule has 1 saturated heterocycles. The minimum atomic E-state index is 0. The van der Waals surface area contributed by atoms with E-state index in [-0.39, 0.29) is 24.0 Å². The second kappa shape index (κ2) is 15.2. The van der Waals surface area contributed by atoms with Crippen molar-refractivity contribution in [3.05, 3.63) is 0 Å². The molecule has 0 aromatic heterocycles. The van der Waals surface area contributed by atoms with Gasteiger partial charge >= 0.3 is 0 Å². The lowest BCUT2D eigenvalue weighted by Gasteiger charge is -2.38. The van der Waals surface area contributed by atoms with Crippen LogP contribution in [0.2, 0.25) is 0 Å². The molecule has 144 valence electrons. The minimum Gasteiger partial charge on any atom is -0.382 e. The fourth-order valence-corrected chi connectivity index (χ4v) is 2.98. The van der Waals surface area contributed by atoms with Gasteiger partial charge < -0.3 is 20.1 Å². The number of halogens is 1. The summed E-state index contributed by atoms with van der Waals surface area (Å²) in [4.78, 5) is 6.89. The third kappa shape index (κ3) is 10.0. The van der Waals surface area contributed by atoms with Crippen LogP contribution >= 0.6 is 24.0 Å². The van der Waals surface area contributed by atoms with E-state index in [9.17, 15) is 0 Å². The first-order valence-corrected chi connectivity index (χ1v) is 8.96. The van der Waals surface area contributed by atoms with Crippen LogP contribution in [0.5, 0.6) is 0 Å². The predicted molar refractivity (Wildman–Crippen MR) is 112 cm³/mol. The van der Waals surface area contributed by atoms with Crippen LogP contribution in [0.4, 0.5) is 0 Å². The van der Waals surface area contributed by atoms with E-state index in [2.05, 4.69) is 34.4 Å². The summed E-state index contributed by atoms with van der Waals surface area (Å²) in [5, 5.41) is 6.77. The number of rotatable bonds is 10. The highest BCUT2D eigenvalue weighted by atomic mass is 127. The van der Waals surface area contributed by atoms with Gasteiger partial charge in [0.25, 0.3) is 0 Å². The summed E-state index contributed by atoms with van der Waals surface area (Å²) < 4.78 is 10.4. The minimum absolute atomic E-state index is 0. The number of nitrogens with one attached hydrogen (secondary N) is 2. The van der Waals surface area contributed by atoms with Crippen LogP contribution in [0, 0.1) is 0 Å². The van der Waals surface area contributed by atoms with Crippen molar-refractivity contribution in [1.82, 2.24) is 15.5 Å². The quantitative estimate of drug-likeness (QED) is 0.228. The Hall–Kier alpha value is -0.120. The first kappa shape index (κ1) is 23.9. The number of methoxy groups -OCH3 is 1. The van der Waals surface area contributed by atoms with Crippen molar-refractivity contribution in [2.45, 2.75) is 51.6 Å². The molecule has 2 N–H and O–H groups in total. The van der Waals surface area contributed by atoms with Gasteiger partial charge in [0.1, 0.15) is 0 Å². The SMILES string of the molecule is CN=C(NCCCOCCOC)NCC(C)N1CCCCC1C.I. The molecule has 1 aliphatic heterocycles. The highest BCUT2D eigenvalue weighted by Crippen LogP contribution is 2.18. The monoisotopic (exact) mass is 456 g/mol. The fraction of sp³-hybridized carbons (Fsp3) is 0.941. The van der Waals surface area contributed by atoms with E-state index in [0.717, 1.165) is 32.1 Å². The Balaban J connectivity index is 0.00000529. The Labute approximate surface area is 165 Å². The van der Waals surface area contributed by atoms with Gasteiger partial charge in [-0.25, -0.2) is 0 Å². The molecule has 1 heterocycles. The molecule has 2 atom stereocenters. The van der Waals surface area contributed by atoms with Crippen LogP contribution in [0.3, 0.4) is 0 Å². The van der Waals surface area contributed by atoms with Crippen LogP contribution in [0.1, 0.15) is 39.5 Å². The van der Waals surface area contributed by atoms with Crippen molar-refractivity contribution in [2.75, 3.05) is 53.6 Å². The molecular formula is C17H37IN4O2. The number of hydrogen-bond donors (Lipinski definition) is 2. The zero-order valence-corrected chi connectivity index (χ0v) is 18.2. The van der Waals surface area contributed by atoms with E-state index in [0.29, 0.717) is 25.3 Å². The molecule has 0 aliphatic carbocycles. The maximum absolute atomic E-state index is 5.45. The van der Waals surface area contributed by atoms with Crippen LogP contribution in [-0.4, -0.2) is 76.6 Å². The van der Waals surface area contributed by atoms with Crippen molar-refractivity contribution in [3.63, 3.8) is 0 Å². The molecule has 6 nitrogen and oxygen atoms in total. The van der Waals surface area contributed by atoms with Gasteiger partial charge in [0.2, 0.25) is 0 Å². The molecule has 1 aliphatic rings. The van der Waals surface area contributed by atoms with Crippen molar-refractivity contribution in [3.8, 4) is 0 Å². The first-order chi connectivity index (χ1) is 11.2. The van der Waals surface area contributed by atoms with Crippen molar-refractivity contribution in [2.24, 2.45) is 4.99 Å². The molecule has 1 fully saturated rings. The molecular weight excluding hydrogens is 419 g/mol. The van der Waals surface area contributed by atoms with E-state index in [1.54, 1.807) is 7.11 Å². The standard InChI is InChI=1S/C17H36N4O2.HI/c1-15-8-5-6-10-21(15)16(2)14-20-17(18-3)19-9-7-11-23-13-12-22-4;/h15-16H,5-14H2,1-4H3,(H2,18,19,20);1H.